The van der Waals surface area contributed by atoms with Crippen molar-refractivity contribution in [1.82, 2.24) is 5.06 Å². The second-order valence-electron chi connectivity index (χ2n) is 4.29. The molecule has 0 unspecified atom stereocenters. The molecule has 2 atom stereocenters. The van der Waals surface area contributed by atoms with Crippen LogP contribution in [0.15, 0.2) is 0 Å². The molecule has 0 saturated carbocycles. The first kappa shape index (κ1) is 10.5. The summed E-state index contributed by atoms with van der Waals surface area (Å²) in [6.45, 7) is 6.35. The van der Waals surface area contributed by atoms with E-state index >= 15 is 0 Å². The number of nitrogens with zero attached hydrogens (tertiary/aromatic N) is 2. The SMILES string of the molecule is CC(C)(C)O[C@H]1CCN(O)[C@@H]1C#N. The van der Waals surface area contributed by atoms with E-state index in [1.807, 2.05) is 26.8 Å². The van der Waals surface area contributed by atoms with Gasteiger partial charge in [-0.15, -0.1) is 0 Å². The third-order valence-electron chi connectivity index (χ3n) is 1.95. The molecular formula is C9H16N2O2. The molecule has 1 aliphatic rings. The predicted molar refractivity (Wildman–Crippen MR) is 47.1 cm³/mol. The first-order chi connectivity index (χ1) is 5.94. The predicted octanol–water partition coefficient (Wildman–Crippen LogP) is 1.16. The second kappa shape index (κ2) is 3.62. The summed E-state index contributed by atoms with van der Waals surface area (Å²) in [5.74, 6) is 0. The van der Waals surface area contributed by atoms with Gasteiger partial charge in [-0.2, -0.15) is 10.3 Å². The van der Waals surface area contributed by atoms with Crippen LogP contribution in [0.1, 0.15) is 27.2 Å². The van der Waals surface area contributed by atoms with Gasteiger partial charge in [-0.05, 0) is 27.2 Å². The molecule has 1 heterocycles. The summed E-state index contributed by atoms with van der Waals surface area (Å²) in [5.41, 5.74) is -0.259. The van der Waals surface area contributed by atoms with Crippen LogP contribution in [0.2, 0.25) is 0 Å². The highest BCUT2D eigenvalue weighted by Crippen LogP contribution is 2.23. The van der Waals surface area contributed by atoms with Crippen LogP contribution in [0.3, 0.4) is 0 Å². The van der Waals surface area contributed by atoms with E-state index < -0.39 is 6.04 Å². The molecule has 74 valence electrons. The Hall–Kier alpha value is -0.630. The Morgan fingerprint density at radius 1 is 1.54 bits per heavy atom. The van der Waals surface area contributed by atoms with Crippen molar-refractivity contribution in [3.8, 4) is 6.07 Å². The quantitative estimate of drug-likeness (QED) is 0.664. The molecular weight excluding hydrogens is 168 g/mol. The Labute approximate surface area is 78.7 Å². The van der Waals surface area contributed by atoms with Gasteiger partial charge in [-0.3, -0.25) is 0 Å². The van der Waals surface area contributed by atoms with Gasteiger partial charge in [0.2, 0.25) is 0 Å². The van der Waals surface area contributed by atoms with Crippen molar-refractivity contribution in [2.45, 2.75) is 44.9 Å². The van der Waals surface area contributed by atoms with Crippen molar-refractivity contribution in [2.24, 2.45) is 0 Å². The average Bonchev–Trinajstić information content (AvgIpc) is 2.28. The molecule has 0 aromatic rings. The summed E-state index contributed by atoms with van der Waals surface area (Å²) in [4.78, 5) is 0. The number of ether oxygens (including phenoxy) is 1. The smallest absolute Gasteiger partial charge is 0.148 e. The molecule has 0 spiro atoms. The monoisotopic (exact) mass is 184 g/mol. The van der Waals surface area contributed by atoms with Crippen molar-refractivity contribution in [3.05, 3.63) is 0 Å². The lowest BCUT2D eigenvalue weighted by Gasteiger charge is -2.26. The molecule has 0 radical (unpaired) electrons. The van der Waals surface area contributed by atoms with Gasteiger partial charge < -0.3 is 9.94 Å². The molecule has 1 rings (SSSR count). The van der Waals surface area contributed by atoms with Gasteiger partial charge in [-0.25, -0.2) is 0 Å². The highest BCUT2D eigenvalue weighted by molar-refractivity contribution is 5.00. The summed E-state index contributed by atoms with van der Waals surface area (Å²) in [7, 11) is 0. The maximum Gasteiger partial charge on any atom is 0.148 e. The molecule has 0 amide bonds. The second-order valence-corrected chi connectivity index (χ2v) is 4.29. The number of hydroxylamine groups is 2. The van der Waals surface area contributed by atoms with E-state index in [4.69, 9.17) is 10.00 Å². The van der Waals surface area contributed by atoms with Crippen molar-refractivity contribution in [1.29, 1.82) is 5.26 Å². The van der Waals surface area contributed by atoms with Crippen LogP contribution in [-0.2, 0) is 4.74 Å². The minimum atomic E-state index is -0.515. The summed E-state index contributed by atoms with van der Waals surface area (Å²) < 4.78 is 5.65. The normalized spacial score (nSPS) is 30.4. The molecule has 1 saturated heterocycles. The Kier molecular flexibility index (Phi) is 2.91. The van der Waals surface area contributed by atoms with Crippen LogP contribution in [0.25, 0.3) is 0 Å². The van der Waals surface area contributed by atoms with Crippen LogP contribution in [-0.4, -0.2) is 34.6 Å². The van der Waals surface area contributed by atoms with Gasteiger partial charge in [-0.1, -0.05) is 0 Å². The number of hydrogen-bond donors (Lipinski definition) is 1. The van der Waals surface area contributed by atoms with Gasteiger partial charge in [0.15, 0.2) is 0 Å². The van der Waals surface area contributed by atoms with Gasteiger partial charge in [0, 0.05) is 6.54 Å². The standard InChI is InChI=1S/C9H16N2O2/c1-9(2,3)13-8-4-5-11(12)7(8)6-10/h7-8,12H,4-5H2,1-3H3/t7-,8+/m1/s1. The molecule has 4 nitrogen and oxygen atoms in total. The highest BCUT2D eigenvalue weighted by atomic mass is 16.5. The zero-order valence-electron chi connectivity index (χ0n) is 8.32. The van der Waals surface area contributed by atoms with Gasteiger partial charge in [0.05, 0.1) is 17.8 Å². The topological polar surface area (TPSA) is 56.5 Å². The zero-order chi connectivity index (χ0) is 10.1. The Morgan fingerprint density at radius 3 is 2.62 bits per heavy atom. The van der Waals surface area contributed by atoms with E-state index in [1.165, 1.54) is 0 Å². The number of rotatable bonds is 1. The molecule has 1 aliphatic heterocycles. The Morgan fingerprint density at radius 2 is 2.15 bits per heavy atom. The lowest BCUT2D eigenvalue weighted by Crippen LogP contribution is -2.37. The zero-order valence-corrected chi connectivity index (χ0v) is 8.32. The first-order valence-corrected chi connectivity index (χ1v) is 4.47. The molecule has 0 aromatic heterocycles. The van der Waals surface area contributed by atoms with Crippen LogP contribution in [0, 0.1) is 11.3 Å². The fourth-order valence-electron chi connectivity index (χ4n) is 1.48. The summed E-state index contributed by atoms with van der Waals surface area (Å²) >= 11 is 0. The highest BCUT2D eigenvalue weighted by Gasteiger charge is 2.36. The third-order valence-corrected chi connectivity index (χ3v) is 1.95. The van der Waals surface area contributed by atoms with E-state index in [9.17, 15) is 5.21 Å². The maximum atomic E-state index is 9.29. The minimum absolute atomic E-state index is 0.171. The lowest BCUT2D eigenvalue weighted by atomic mass is 10.1. The fraction of sp³-hybridized carbons (Fsp3) is 0.889. The molecule has 1 fully saturated rings. The molecule has 4 heteroatoms. The maximum absolute atomic E-state index is 9.29. The summed E-state index contributed by atoms with van der Waals surface area (Å²) in [6, 6.07) is 1.52. The van der Waals surface area contributed by atoms with Crippen molar-refractivity contribution in [2.75, 3.05) is 6.54 Å². The van der Waals surface area contributed by atoms with Gasteiger partial charge in [0.25, 0.3) is 0 Å². The molecule has 13 heavy (non-hydrogen) atoms. The average molecular weight is 184 g/mol. The largest absolute Gasteiger partial charge is 0.370 e. The van der Waals surface area contributed by atoms with Crippen LogP contribution in [0.4, 0.5) is 0 Å². The number of hydrogen-bond acceptors (Lipinski definition) is 4. The van der Waals surface area contributed by atoms with Crippen molar-refractivity contribution >= 4 is 0 Å². The Balaban J connectivity index is 2.57. The third kappa shape index (κ3) is 2.66. The molecule has 1 N–H and O–H groups in total. The summed E-state index contributed by atoms with van der Waals surface area (Å²) in [5, 5.41) is 19.1. The van der Waals surface area contributed by atoms with E-state index in [-0.39, 0.29) is 11.7 Å². The van der Waals surface area contributed by atoms with E-state index in [2.05, 4.69) is 0 Å². The van der Waals surface area contributed by atoms with E-state index in [0.29, 0.717) is 13.0 Å². The van der Waals surface area contributed by atoms with Crippen LogP contribution < -0.4 is 0 Å². The van der Waals surface area contributed by atoms with Crippen molar-refractivity contribution in [3.63, 3.8) is 0 Å². The fourth-order valence-corrected chi connectivity index (χ4v) is 1.48. The van der Waals surface area contributed by atoms with Gasteiger partial charge >= 0.3 is 0 Å². The number of nitriles is 1. The van der Waals surface area contributed by atoms with Crippen molar-refractivity contribution < 1.29 is 9.94 Å². The lowest BCUT2D eigenvalue weighted by molar-refractivity contribution is -0.124. The minimum Gasteiger partial charge on any atom is -0.370 e. The Bertz CT molecular complexity index is 217. The summed E-state index contributed by atoms with van der Waals surface area (Å²) in [6.07, 6.45) is 0.543. The van der Waals surface area contributed by atoms with Gasteiger partial charge in [0.1, 0.15) is 6.04 Å². The molecule has 0 aliphatic carbocycles. The molecule has 0 aromatic carbocycles. The van der Waals surface area contributed by atoms with E-state index in [0.717, 1.165) is 5.06 Å². The van der Waals surface area contributed by atoms with Crippen LogP contribution >= 0.6 is 0 Å². The van der Waals surface area contributed by atoms with E-state index in [1.54, 1.807) is 0 Å². The first-order valence-electron chi connectivity index (χ1n) is 4.47. The molecule has 0 bridgehead atoms. The van der Waals surface area contributed by atoms with Crippen LogP contribution in [0.5, 0.6) is 0 Å².